The lowest BCUT2D eigenvalue weighted by molar-refractivity contribution is -0.149. The first-order valence-corrected chi connectivity index (χ1v) is 14.2. The van der Waals surface area contributed by atoms with Gasteiger partial charge in [0.2, 0.25) is 0 Å². The van der Waals surface area contributed by atoms with Crippen LogP contribution < -0.4 is 4.90 Å². The maximum absolute atomic E-state index is 13.3. The third kappa shape index (κ3) is 8.03. The van der Waals surface area contributed by atoms with E-state index in [-0.39, 0.29) is 17.8 Å². The van der Waals surface area contributed by atoms with E-state index in [1.54, 1.807) is 18.9 Å². The van der Waals surface area contributed by atoms with Crippen molar-refractivity contribution in [1.29, 1.82) is 0 Å². The first kappa shape index (κ1) is 28.6. The van der Waals surface area contributed by atoms with Crippen LogP contribution in [0.25, 0.3) is 0 Å². The normalized spacial score (nSPS) is 15.2. The SMILES string of the molecule is CCOC(=O)C1CCCN(C(=O)c2cccc(CSc3nc(COC)cc(N(C)Cc4ccccc4)n3)c2)C1. The van der Waals surface area contributed by atoms with Crippen molar-refractivity contribution < 1.29 is 19.1 Å². The van der Waals surface area contributed by atoms with Gasteiger partial charge in [-0.2, -0.15) is 0 Å². The highest BCUT2D eigenvalue weighted by Gasteiger charge is 2.29. The topological polar surface area (TPSA) is 84.9 Å². The van der Waals surface area contributed by atoms with Crippen LogP contribution in [0, 0.1) is 5.92 Å². The Labute approximate surface area is 234 Å². The minimum absolute atomic E-state index is 0.0565. The van der Waals surface area contributed by atoms with Crippen molar-refractivity contribution in [3.63, 3.8) is 0 Å². The van der Waals surface area contributed by atoms with Crippen molar-refractivity contribution in [2.75, 3.05) is 38.8 Å². The highest BCUT2D eigenvalue weighted by Crippen LogP contribution is 2.25. The number of carbonyl (C=O) groups is 2. The number of carbonyl (C=O) groups excluding carboxylic acids is 2. The zero-order chi connectivity index (χ0) is 27.6. The number of ether oxygens (including phenoxy) is 2. The number of aromatic nitrogens is 2. The Bertz CT molecular complexity index is 1260. The smallest absolute Gasteiger partial charge is 0.310 e. The summed E-state index contributed by atoms with van der Waals surface area (Å²) in [7, 11) is 3.67. The van der Waals surface area contributed by atoms with E-state index in [2.05, 4.69) is 22.0 Å². The Morgan fingerprint density at radius 2 is 1.87 bits per heavy atom. The van der Waals surface area contributed by atoms with Gasteiger partial charge in [-0.25, -0.2) is 9.97 Å². The van der Waals surface area contributed by atoms with E-state index < -0.39 is 0 Å². The molecule has 1 aliphatic rings. The van der Waals surface area contributed by atoms with Crippen LogP contribution in [0.1, 0.15) is 46.9 Å². The number of rotatable bonds is 11. The first-order chi connectivity index (χ1) is 19.0. The highest BCUT2D eigenvalue weighted by molar-refractivity contribution is 7.98. The Hall–Kier alpha value is -3.43. The molecule has 0 aliphatic carbocycles. The van der Waals surface area contributed by atoms with Gasteiger partial charge in [0.05, 0.1) is 24.8 Å². The molecular formula is C30H36N4O4S. The second-order valence-electron chi connectivity index (χ2n) is 9.61. The quantitative estimate of drug-likeness (QED) is 0.189. The zero-order valence-corrected chi connectivity index (χ0v) is 23.7. The van der Waals surface area contributed by atoms with Gasteiger partial charge in [-0.1, -0.05) is 54.2 Å². The minimum atomic E-state index is -0.257. The largest absolute Gasteiger partial charge is 0.466 e. The third-order valence-electron chi connectivity index (χ3n) is 6.56. The zero-order valence-electron chi connectivity index (χ0n) is 22.8. The molecule has 1 aliphatic heterocycles. The molecule has 0 saturated carbocycles. The number of nitrogens with zero attached hydrogens (tertiary/aromatic N) is 4. The predicted octanol–water partition coefficient (Wildman–Crippen LogP) is 4.97. The number of hydrogen-bond acceptors (Lipinski definition) is 8. The molecular weight excluding hydrogens is 512 g/mol. The monoisotopic (exact) mass is 548 g/mol. The van der Waals surface area contributed by atoms with Crippen molar-refractivity contribution in [2.24, 2.45) is 5.92 Å². The lowest BCUT2D eigenvalue weighted by Gasteiger charge is -2.31. The van der Waals surface area contributed by atoms with Gasteiger partial charge in [0.25, 0.3) is 5.91 Å². The average Bonchev–Trinajstić information content (AvgIpc) is 2.96. The van der Waals surface area contributed by atoms with E-state index in [1.165, 1.54) is 17.3 Å². The van der Waals surface area contributed by atoms with Crippen molar-refractivity contribution in [3.8, 4) is 0 Å². The second kappa shape index (κ2) is 14.1. The van der Waals surface area contributed by atoms with Gasteiger partial charge in [0, 0.05) is 51.2 Å². The summed E-state index contributed by atoms with van der Waals surface area (Å²) in [4.78, 5) is 38.8. The van der Waals surface area contributed by atoms with Gasteiger partial charge >= 0.3 is 5.97 Å². The van der Waals surface area contributed by atoms with Crippen LogP contribution in [0.3, 0.4) is 0 Å². The molecule has 206 valence electrons. The number of thioether (sulfide) groups is 1. The summed E-state index contributed by atoms with van der Waals surface area (Å²) in [6, 6.07) is 19.9. The summed E-state index contributed by atoms with van der Waals surface area (Å²) in [5.41, 5.74) is 3.64. The Morgan fingerprint density at radius 3 is 2.64 bits per heavy atom. The minimum Gasteiger partial charge on any atom is -0.466 e. The molecule has 1 aromatic heterocycles. The fourth-order valence-corrected chi connectivity index (χ4v) is 5.43. The molecule has 1 unspecified atom stereocenters. The van der Waals surface area contributed by atoms with E-state index in [0.717, 1.165) is 36.5 Å². The lowest BCUT2D eigenvalue weighted by atomic mass is 9.97. The molecule has 1 saturated heterocycles. The summed E-state index contributed by atoms with van der Waals surface area (Å²) in [6.45, 7) is 4.33. The number of likely N-dealkylation sites (tertiary alicyclic amines) is 1. The van der Waals surface area contributed by atoms with Gasteiger partial charge in [-0.3, -0.25) is 9.59 Å². The third-order valence-corrected chi connectivity index (χ3v) is 7.48. The number of hydrogen-bond donors (Lipinski definition) is 0. The molecule has 2 heterocycles. The van der Waals surface area contributed by atoms with Gasteiger partial charge in [-0.15, -0.1) is 0 Å². The number of benzene rings is 2. The molecule has 2 aromatic carbocycles. The summed E-state index contributed by atoms with van der Waals surface area (Å²) >= 11 is 1.53. The number of amides is 1. The standard InChI is InChI=1S/C30H36N4O4S/c1-4-38-29(36)25-14-9-15-34(19-25)28(35)24-13-8-12-23(16-24)21-39-30-31-26(20-37-3)17-27(32-30)33(2)18-22-10-6-5-7-11-22/h5-8,10-13,16-17,25H,4,9,14-15,18-21H2,1-3H3. The summed E-state index contributed by atoms with van der Waals surface area (Å²) in [5, 5.41) is 0.657. The average molecular weight is 549 g/mol. The fourth-order valence-electron chi connectivity index (χ4n) is 4.62. The van der Waals surface area contributed by atoms with E-state index in [9.17, 15) is 9.59 Å². The van der Waals surface area contributed by atoms with Crippen LogP contribution in [0.5, 0.6) is 0 Å². The van der Waals surface area contributed by atoms with E-state index in [4.69, 9.17) is 14.5 Å². The van der Waals surface area contributed by atoms with Gasteiger partial charge in [0.1, 0.15) is 5.82 Å². The fraction of sp³-hybridized carbons (Fsp3) is 0.400. The van der Waals surface area contributed by atoms with Crippen molar-refractivity contribution in [2.45, 2.75) is 43.8 Å². The van der Waals surface area contributed by atoms with Crippen molar-refractivity contribution in [1.82, 2.24) is 14.9 Å². The van der Waals surface area contributed by atoms with Crippen LogP contribution >= 0.6 is 11.8 Å². The van der Waals surface area contributed by atoms with Crippen molar-refractivity contribution >= 4 is 29.5 Å². The Morgan fingerprint density at radius 1 is 1.08 bits per heavy atom. The first-order valence-electron chi connectivity index (χ1n) is 13.3. The van der Waals surface area contributed by atoms with Crippen molar-refractivity contribution in [3.05, 3.63) is 83.0 Å². The van der Waals surface area contributed by atoms with Crippen LogP contribution in [0.2, 0.25) is 0 Å². The molecule has 0 N–H and O–H groups in total. The molecule has 39 heavy (non-hydrogen) atoms. The second-order valence-corrected chi connectivity index (χ2v) is 10.5. The molecule has 8 nitrogen and oxygen atoms in total. The van der Waals surface area contributed by atoms with E-state index in [1.807, 2.05) is 55.6 Å². The summed E-state index contributed by atoms with van der Waals surface area (Å²) < 4.78 is 10.5. The van der Waals surface area contributed by atoms with Gasteiger partial charge in [0.15, 0.2) is 5.16 Å². The van der Waals surface area contributed by atoms with Gasteiger partial charge in [-0.05, 0) is 43.0 Å². The molecule has 3 aromatic rings. The van der Waals surface area contributed by atoms with E-state index >= 15 is 0 Å². The van der Waals surface area contributed by atoms with Crippen LogP contribution in [0.15, 0.2) is 65.8 Å². The van der Waals surface area contributed by atoms with Crippen LogP contribution in [-0.2, 0) is 33.2 Å². The van der Waals surface area contributed by atoms with Crippen LogP contribution in [0.4, 0.5) is 5.82 Å². The molecule has 0 bridgehead atoms. The lowest BCUT2D eigenvalue weighted by Crippen LogP contribution is -2.42. The molecule has 0 radical (unpaired) electrons. The number of piperidine rings is 1. The molecule has 4 rings (SSSR count). The molecule has 1 atom stereocenters. The molecule has 1 fully saturated rings. The summed E-state index contributed by atoms with van der Waals surface area (Å²) in [5.74, 6) is 0.912. The predicted molar refractivity (Wildman–Crippen MR) is 153 cm³/mol. The number of methoxy groups -OCH3 is 1. The number of anilines is 1. The van der Waals surface area contributed by atoms with Crippen LogP contribution in [-0.4, -0.2) is 60.6 Å². The highest BCUT2D eigenvalue weighted by atomic mass is 32.2. The van der Waals surface area contributed by atoms with E-state index in [0.29, 0.717) is 42.8 Å². The molecule has 9 heteroatoms. The Kier molecular flexibility index (Phi) is 10.3. The number of esters is 1. The summed E-state index contributed by atoms with van der Waals surface area (Å²) in [6.07, 6.45) is 1.55. The maximum Gasteiger partial charge on any atom is 0.310 e. The molecule has 0 spiro atoms. The molecule has 1 amide bonds. The van der Waals surface area contributed by atoms with Gasteiger partial charge < -0.3 is 19.3 Å². The Balaban J connectivity index is 1.43. The maximum atomic E-state index is 13.3.